The predicted molar refractivity (Wildman–Crippen MR) is 98.8 cm³/mol. The molecular weight excluding hydrogens is 509 g/mol. The van der Waals surface area contributed by atoms with Gasteiger partial charge in [0.2, 0.25) is 12.1 Å². The number of nitro groups is 2. The Labute approximate surface area is 188 Å². The molecule has 0 amide bonds. The highest BCUT2D eigenvalue weighted by molar-refractivity contribution is 7.87. The Hall–Kier alpha value is -1.78. The largest absolute Gasteiger partial charge is 0.273 e. The van der Waals surface area contributed by atoms with E-state index < -0.39 is 105 Å². The van der Waals surface area contributed by atoms with Crippen molar-refractivity contribution < 1.29 is 53.2 Å². The van der Waals surface area contributed by atoms with Crippen LogP contribution in [0.4, 0.5) is 30.7 Å². The minimum absolute atomic E-state index is 0.0601. The van der Waals surface area contributed by atoms with Crippen LogP contribution in [0.5, 0.6) is 0 Å². The summed E-state index contributed by atoms with van der Waals surface area (Å²) in [7, 11) is -5.58. The summed E-state index contributed by atoms with van der Waals surface area (Å²) in [5.74, 6) is -7.07. The van der Waals surface area contributed by atoms with Crippen molar-refractivity contribution >= 4 is 10.1 Å². The second-order valence-corrected chi connectivity index (χ2v) is 10.6. The Morgan fingerprint density at radius 1 is 0.706 bits per heavy atom. The molecule has 3 aliphatic rings. The van der Waals surface area contributed by atoms with E-state index in [9.17, 15) is 59.4 Å². The van der Waals surface area contributed by atoms with Crippen LogP contribution in [0.1, 0.15) is 19.3 Å². The van der Waals surface area contributed by atoms with Crippen LogP contribution >= 0.6 is 0 Å². The second kappa shape index (κ2) is 9.70. The van der Waals surface area contributed by atoms with E-state index in [1.165, 1.54) is 0 Å². The molecule has 12 atom stereocenters. The van der Waals surface area contributed by atoms with Crippen molar-refractivity contribution in [1.29, 1.82) is 0 Å². The molecule has 0 aliphatic heterocycles. The van der Waals surface area contributed by atoms with E-state index in [4.69, 9.17) is 0 Å². The maximum absolute atomic E-state index is 14.7. The molecule has 0 radical (unpaired) electrons. The first kappa shape index (κ1) is 26.8. The first-order valence-electron chi connectivity index (χ1n) is 10.4. The zero-order chi connectivity index (χ0) is 25.7. The molecule has 3 rings (SSSR count). The monoisotopic (exact) mass is 530 g/mol. The van der Waals surface area contributed by atoms with Gasteiger partial charge in [0.25, 0.3) is 10.1 Å². The molecule has 17 heteroatoms. The summed E-state index contributed by atoms with van der Waals surface area (Å²) < 4.78 is 130. The van der Waals surface area contributed by atoms with Gasteiger partial charge in [-0.25, -0.2) is 30.7 Å². The van der Waals surface area contributed by atoms with E-state index in [-0.39, 0.29) is 19.3 Å². The van der Waals surface area contributed by atoms with Crippen LogP contribution in [0.2, 0.25) is 0 Å². The zero-order valence-electron chi connectivity index (χ0n) is 17.1. The summed E-state index contributed by atoms with van der Waals surface area (Å²) in [6.07, 6.45) is -23.2. The molecule has 0 N–H and O–H groups in total. The molecule has 0 spiro atoms. The van der Waals surface area contributed by atoms with Crippen LogP contribution in [-0.4, -0.2) is 85.4 Å². The SMILES string of the molecule is O=[N+]([O-])C1CCCC([N+](=O)[O-])C1COS(=O)(=O)C1C(F)C(F)C(F)C2C(F)C(F)C(F)C(F)C21. The van der Waals surface area contributed by atoms with Gasteiger partial charge < -0.3 is 0 Å². The fourth-order valence-electron chi connectivity index (χ4n) is 5.34. The lowest BCUT2D eigenvalue weighted by molar-refractivity contribution is -0.584. The third-order valence-corrected chi connectivity index (χ3v) is 8.76. The van der Waals surface area contributed by atoms with Crippen LogP contribution in [0.3, 0.4) is 0 Å². The molecule has 0 aromatic rings. The van der Waals surface area contributed by atoms with Crippen LogP contribution in [0.25, 0.3) is 0 Å². The van der Waals surface area contributed by atoms with E-state index in [0.717, 1.165) is 0 Å². The molecule has 3 fully saturated rings. The maximum Gasteiger partial charge on any atom is 0.273 e. The summed E-state index contributed by atoms with van der Waals surface area (Å²) in [5, 5.41) is 19.5. The normalized spacial score (nSPS) is 47.6. The lowest BCUT2D eigenvalue weighted by atomic mass is 9.65. The lowest BCUT2D eigenvalue weighted by Crippen LogP contribution is -2.67. The van der Waals surface area contributed by atoms with Gasteiger partial charge in [0.1, 0.15) is 29.7 Å². The van der Waals surface area contributed by atoms with Crippen molar-refractivity contribution in [1.82, 2.24) is 0 Å². The molecule has 9 nitrogen and oxygen atoms in total. The van der Waals surface area contributed by atoms with Crippen LogP contribution < -0.4 is 0 Å². The number of alkyl halides is 7. The van der Waals surface area contributed by atoms with Crippen molar-refractivity contribution in [3.63, 3.8) is 0 Å². The Morgan fingerprint density at radius 2 is 1.12 bits per heavy atom. The average molecular weight is 530 g/mol. The molecule has 0 saturated heterocycles. The van der Waals surface area contributed by atoms with E-state index in [0.29, 0.717) is 0 Å². The first-order chi connectivity index (χ1) is 15.7. The Bertz CT molecular complexity index is 875. The topological polar surface area (TPSA) is 130 Å². The van der Waals surface area contributed by atoms with Gasteiger partial charge in [-0.2, -0.15) is 8.42 Å². The number of hydrogen-bond acceptors (Lipinski definition) is 7. The lowest BCUT2D eigenvalue weighted by Gasteiger charge is -2.49. The molecule has 3 saturated carbocycles. The van der Waals surface area contributed by atoms with Crippen LogP contribution in [0.15, 0.2) is 0 Å². The number of halogens is 7. The summed E-state index contributed by atoms with van der Waals surface area (Å²) in [5.41, 5.74) is 0. The summed E-state index contributed by atoms with van der Waals surface area (Å²) in [4.78, 5) is 20.8. The van der Waals surface area contributed by atoms with Gasteiger partial charge in [-0.1, -0.05) is 0 Å². The number of hydrogen-bond donors (Lipinski definition) is 0. The van der Waals surface area contributed by atoms with Gasteiger partial charge in [-0.3, -0.25) is 24.4 Å². The Balaban J connectivity index is 1.93. The van der Waals surface area contributed by atoms with Gasteiger partial charge in [-0.15, -0.1) is 0 Å². The summed E-state index contributed by atoms with van der Waals surface area (Å²) in [6.45, 7) is -1.27. The van der Waals surface area contributed by atoms with Crippen LogP contribution in [0, 0.1) is 38.0 Å². The van der Waals surface area contributed by atoms with Crippen molar-refractivity contribution in [3.05, 3.63) is 20.2 Å². The number of rotatable bonds is 6. The van der Waals surface area contributed by atoms with Crippen LogP contribution in [-0.2, 0) is 14.3 Å². The highest BCUT2D eigenvalue weighted by Gasteiger charge is 2.67. The van der Waals surface area contributed by atoms with Gasteiger partial charge >= 0.3 is 0 Å². The molecule has 0 heterocycles. The van der Waals surface area contributed by atoms with Crippen molar-refractivity contribution in [2.45, 2.75) is 79.8 Å². The van der Waals surface area contributed by atoms with E-state index in [1.54, 1.807) is 0 Å². The standard InChI is InChI=1S/C17H21F7N2O7S/c18-10-8-9(12(20)14(22)13(10)21)17(16(24)15(23)11(8)19)34(31,32)33-4-5-6(25(27)28)2-1-3-7(5)26(29)30/h5-17H,1-4H2. The zero-order valence-corrected chi connectivity index (χ0v) is 18.0. The minimum atomic E-state index is -5.58. The Morgan fingerprint density at radius 3 is 1.56 bits per heavy atom. The highest BCUT2D eigenvalue weighted by atomic mass is 32.2. The summed E-state index contributed by atoms with van der Waals surface area (Å²) >= 11 is 0. The number of nitrogens with zero attached hydrogens (tertiary/aromatic N) is 2. The third kappa shape index (κ3) is 4.44. The molecule has 0 bridgehead atoms. The average Bonchev–Trinajstić information content (AvgIpc) is 2.77. The molecule has 34 heavy (non-hydrogen) atoms. The van der Waals surface area contributed by atoms with Gasteiger partial charge in [0.15, 0.2) is 24.7 Å². The van der Waals surface area contributed by atoms with Crippen molar-refractivity contribution in [2.75, 3.05) is 6.61 Å². The fourth-order valence-corrected chi connectivity index (χ4v) is 7.03. The fraction of sp³-hybridized carbons (Fsp3) is 1.00. The molecule has 3 aliphatic carbocycles. The van der Waals surface area contributed by atoms with E-state index >= 15 is 0 Å². The third-order valence-electron chi connectivity index (χ3n) is 7.05. The van der Waals surface area contributed by atoms with Gasteiger partial charge in [-0.05, 0) is 6.42 Å². The van der Waals surface area contributed by atoms with E-state index in [1.807, 2.05) is 0 Å². The predicted octanol–water partition coefficient (Wildman–Crippen LogP) is 2.42. The molecule has 196 valence electrons. The maximum atomic E-state index is 14.7. The van der Waals surface area contributed by atoms with Gasteiger partial charge in [0.05, 0.1) is 6.61 Å². The molecule has 12 unspecified atom stereocenters. The first-order valence-corrected chi connectivity index (χ1v) is 11.8. The molecule has 0 aromatic heterocycles. The highest BCUT2D eigenvalue weighted by Crippen LogP contribution is 2.50. The smallest absolute Gasteiger partial charge is 0.269 e. The van der Waals surface area contributed by atoms with Crippen molar-refractivity contribution in [3.8, 4) is 0 Å². The minimum Gasteiger partial charge on any atom is -0.269 e. The Kier molecular flexibility index (Phi) is 7.65. The van der Waals surface area contributed by atoms with Gasteiger partial charge in [0, 0.05) is 34.5 Å². The number of fused-ring (bicyclic) bond motifs is 1. The van der Waals surface area contributed by atoms with E-state index in [2.05, 4.69) is 4.18 Å². The molecular formula is C17H21F7N2O7S. The summed E-state index contributed by atoms with van der Waals surface area (Å²) in [6, 6.07) is -3.27. The molecule has 0 aromatic carbocycles. The second-order valence-electron chi connectivity index (χ2n) is 8.81. The quantitative estimate of drug-likeness (QED) is 0.223. The van der Waals surface area contributed by atoms with Crippen molar-refractivity contribution in [2.24, 2.45) is 17.8 Å².